The van der Waals surface area contributed by atoms with Crippen LogP contribution in [-0.2, 0) is 17.6 Å². The van der Waals surface area contributed by atoms with Crippen LogP contribution in [0.25, 0.3) is 11.1 Å². The van der Waals surface area contributed by atoms with E-state index in [2.05, 4.69) is 22.4 Å². The monoisotopic (exact) mass is 307 g/mol. The first-order valence-electron chi connectivity index (χ1n) is 7.81. The second-order valence-electron chi connectivity index (χ2n) is 5.98. The van der Waals surface area contributed by atoms with Gasteiger partial charge < -0.3 is 10.2 Å². The molecule has 1 N–H and O–H groups in total. The molecule has 0 unspecified atom stereocenters. The number of nitrogens with zero attached hydrogens (tertiary/aromatic N) is 2. The van der Waals surface area contributed by atoms with Crippen molar-refractivity contribution < 1.29 is 9.59 Å². The highest BCUT2D eigenvalue weighted by Gasteiger charge is 2.31. The van der Waals surface area contributed by atoms with Gasteiger partial charge in [-0.25, -0.2) is 0 Å². The zero-order valence-electron chi connectivity index (χ0n) is 12.9. The molecule has 2 amide bonds. The standard InChI is InChI=1S/C18H17N3O2/c1-19-18(23)15-8-14(9-20-10-15)13-6-11-2-3-16(22)21-5-4-12(7-13)17(11)21/h6-10H,2-5H2,1H3,(H,19,23). The van der Waals surface area contributed by atoms with Gasteiger partial charge in [0.05, 0.1) is 11.3 Å². The van der Waals surface area contributed by atoms with E-state index in [1.54, 1.807) is 19.4 Å². The summed E-state index contributed by atoms with van der Waals surface area (Å²) in [6, 6.07) is 6.12. The number of carbonyl (C=O) groups is 2. The predicted molar refractivity (Wildman–Crippen MR) is 87.4 cm³/mol. The van der Waals surface area contributed by atoms with Gasteiger partial charge in [0.1, 0.15) is 0 Å². The number of anilines is 1. The molecule has 0 atom stereocenters. The third kappa shape index (κ3) is 2.20. The molecule has 0 saturated heterocycles. The Kier molecular flexibility index (Phi) is 3.15. The van der Waals surface area contributed by atoms with Crippen LogP contribution in [0.5, 0.6) is 0 Å². The fourth-order valence-corrected chi connectivity index (χ4v) is 3.49. The van der Waals surface area contributed by atoms with Gasteiger partial charge in [-0.15, -0.1) is 0 Å². The first kappa shape index (κ1) is 13.9. The van der Waals surface area contributed by atoms with Crippen LogP contribution < -0.4 is 10.2 Å². The normalized spacial score (nSPS) is 15.5. The molecule has 116 valence electrons. The van der Waals surface area contributed by atoms with Gasteiger partial charge in [0.25, 0.3) is 5.91 Å². The molecule has 0 aliphatic carbocycles. The Labute approximate surface area is 134 Å². The van der Waals surface area contributed by atoms with Crippen molar-refractivity contribution in [1.29, 1.82) is 0 Å². The highest BCUT2D eigenvalue weighted by Crippen LogP contribution is 2.39. The lowest BCUT2D eigenvalue weighted by Gasteiger charge is -2.25. The van der Waals surface area contributed by atoms with E-state index in [9.17, 15) is 9.59 Å². The fourth-order valence-electron chi connectivity index (χ4n) is 3.49. The van der Waals surface area contributed by atoms with Crippen molar-refractivity contribution in [2.45, 2.75) is 19.3 Å². The first-order valence-corrected chi connectivity index (χ1v) is 7.81. The number of rotatable bonds is 2. The van der Waals surface area contributed by atoms with Gasteiger partial charge in [0.15, 0.2) is 0 Å². The summed E-state index contributed by atoms with van der Waals surface area (Å²) < 4.78 is 0. The number of hydrogen-bond donors (Lipinski definition) is 1. The highest BCUT2D eigenvalue weighted by molar-refractivity contribution is 5.99. The van der Waals surface area contributed by atoms with E-state index in [1.165, 1.54) is 11.1 Å². The van der Waals surface area contributed by atoms with Gasteiger partial charge in [-0.3, -0.25) is 14.6 Å². The largest absolute Gasteiger partial charge is 0.355 e. The van der Waals surface area contributed by atoms with E-state index < -0.39 is 0 Å². The molecule has 0 spiro atoms. The van der Waals surface area contributed by atoms with Crippen LogP contribution in [0.3, 0.4) is 0 Å². The van der Waals surface area contributed by atoms with Crippen LogP contribution in [0.15, 0.2) is 30.6 Å². The Morgan fingerprint density at radius 3 is 2.65 bits per heavy atom. The molecule has 1 aromatic carbocycles. The van der Waals surface area contributed by atoms with Crippen LogP contribution in [0.2, 0.25) is 0 Å². The maximum Gasteiger partial charge on any atom is 0.252 e. The van der Waals surface area contributed by atoms with Gasteiger partial charge >= 0.3 is 0 Å². The van der Waals surface area contributed by atoms with E-state index in [0.29, 0.717) is 12.0 Å². The number of hydrogen-bond acceptors (Lipinski definition) is 3. The van der Waals surface area contributed by atoms with Crippen molar-refractivity contribution in [2.24, 2.45) is 0 Å². The Hall–Kier alpha value is -2.69. The van der Waals surface area contributed by atoms with Gasteiger partial charge in [0.2, 0.25) is 5.91 Å². The summed E-state index contributed by atoms with van der Waals surface area (Å²) in [4.78, 5) is 29.9. The molecule has 23 heavy (non-hydrogen) atoms. The summed E-state index contributed by atoms with van der Waals surface area (Å²) in [6.45, 7) is 0.779. The molecule has 0 saturated carbocycles. The highest BCUT2D eigenvalue weighted by atomic mass is 16.2. The maximum absolute atomic E-state index is 12.0. The zero-order valence-corrected chi connectivity index (χ0v) is 12.9. The average molecular weight is 307 g/mol. The van der Waals surface area contributed by atoms with Crippen molar-refractivity contribution in [3.05, 3.63) is 47.3 Å². The molecular formula is C18H17N3O2. The molecule has 0 fully saturated rings. The zero-order chi connectivity index (χ0) is 16.0. The molecular weight excluding hydrogens is 290 g/mol. The number of nitrogens with one attached hydrogen (secondary N) is 1. The van der Waals surface area contributed by atoms with Crippen molar-refractivity contribution in [1.82, 2.24) is 10.3 Å². The quantitative estimate of drug-likeness (QED) is 0.922. The number of carbonyl (C=O) groups excluding carboxylic acids is 2. The van der Waals surface area contributed by atoms with E-state index in [4.69, 9.17) is 0 Å². The lowest BCUT2D eigenvalue weighted by Crippen LogP contribution is -2.32. The summed E-state index contributed by atoms with van der Waals surface area (Å²) in [7, 11) is 1.61. The van der Waals surface area contributed by atoms with Gasteiger partial charge in [-0.05, 0) is 47.7 Å². The number of benzene rings is 1. The summed E-state index contributed by atoms with van der Waals surface area (Å²) in [6.07, 6.45) is 5.60. The summed E-state index contributed by atoms with van der Waals surface area (Å²) in [5.74, 6) is 0.0888. The summed E-state index contributed by atoms with van der Waals surface area (Å²) in [5.41, 5.74) is 6.10. The van der Waals surface area contributed by atoms with Gasteiger partial charge in [0, 0.05) is 38.0 Å². The third-order valence-electron chi connectivity index (χ3n) is 4.61. The topological polar surface area (TPSA) is 62.3 Å². The fraction of sp³-hybridized carbons (Fsp3) is 0.278. The van der Waals surface area contributed by atoms with Crippen molar-refractivity contribution in [2.75, 3.05) is 18.5 Å². The molecule has 0 radical (unpaired) electrons. The van der Waals surface area contributed by atoms with E-state index in [0.717, 1.165) is 36.2 Å². The molecule has 2 aromatic rings. The van der Waals surface area contributed by atoms with E-state index in [1.807, 2.05) is 11.0 Å². The minimum atomic E-state index is -0.140. The van der Waals surface area contributed by atoms with Crippen LogP contribution in [0.1, 0.15) is 27.9 Å². The van der Waals surface area contributed by atoms with Crippen molar-refractivity contribution in [3.63, 3.8) is 0 Å². The lowest BCUT2D eigenvalue weighted by molar-refractivity contribution is -0.118. The Morgan fingerprint density at radius 1 is 1.09 bits per heavy atom. The molecule has 0 bridgehead atoms. The number of amides is 2. The number of pyridine rings is 1. The van der Waals surface area contributed by atoms with Gasteiger partial charge in [-0.1, -0.05) is 0 Å². The molecule has 4 rings (SSSR count). The molecule has 2 aliphatic rings. The minimum Gasteiger partial charge on any atom is -0.355 e. The van der Waals surface area contributed by atoms with Crippen molar-refractivity contribution in [3.8, 4) is 11.1 Å². The van der Waals surface area contributed by atoms with Crippen LogP contribution in [-0.4, -0.2) is 30.4 Å². The Bertz CT molecular complexity index is 829. The van der Waals surface area contributed by atoms with E-state index >= 15 is 0 Å². The number of aromatic nitrogens is 1. The molecule has 5 nitrogen and oxygen atoms in total. The SMILES string of the molecule is CNC(=O)c1cncc(-c2cc3c4c(c2)CCN4C(=O)CC3)c1. The number of aryl methyl sites for hydroxylation is 1. The first-order chi connectivity index (χ1) is 11.2. The molecule has 1 aromatic heterocycles. The van der Waals surface area contributed by atoms with Crippen molar-refractivity contribution >= 4 is 17.5 Å². The smallest absolute Gasteiger partial charge is 0.252 e. The molecule has 3 heterocycles. The lowest BCUT2D eigenvalue weighted by atomic mass is 9.94. The second kappa shape index (κ2) is 5.19. The minimum absolute atomic E-state index is 0.140. The van der Waals surface area contributed by atoms with Gasteiger partial charge in [-0.2, -0.15) is 0 Å². The molecule has 5 heteroatoms. The van der Waals surface area contributed by atoms with Crippen LogP contribution >= 0.6 is 0 Å². The average Bonchev–Trinajstić information content (AvgIpc) is 3.03. The molecule has 2 aliphatic heterocycles. The summed E-state index contributed by atoms with van der Waals surface area (Å²) >= 11 is 0. The second-order valence-corrected chi connectivity index (χ2v) is 5.98. The van der Waals surface area contributed by atoms with Crippen LogP contribution in [0, 0.1) is 0 Å². The Morgan fingerprint density at radius 2 is 1.87 bits per heavy atom. The third-order valence-corrected chi connectivity index (χ3v) is 4.61. The predicted octanol–water partition coefficient (Wildman–Crippen LogP) is 1.94. The van der Waals surface area contributed by atoms with E-state index in [-0.39, 0.29) is 11.8 Å². The summed E-state index contributed by atoms with van der Waals surface area (Å²) in [5, 5.41) is 2.62. The van der Waals surface area contributed by atoms with Crippen LogP contribution in [0.4, 0.5) is 5.69 Å². The maximum atomic E-state index is 12.0. The Balaban J connectivity index is 1.80.